The smallest absolute Gasteiger partial charge is 0.246 e. The number of carbonyl (C=O) groups excluding carboxylic acids is 1. The molecule has 2 aromatic carbocycles. The summed E-state index contributed by atoms with van der Waals surface area (Å²) in [7, 11) is 0. The standard InChI is InChI=1S/C18H19N3OS/c1-11-8-9-14(10-12(11)2)20-17(22)13(3)19-18-21-15-6-4-5-7-16(15)23-18/h4-10,13H,1-3H3,(H,19,21)(H,20,22)/t13-/m0/s1. The maximum absolute atomic E-state index is 12.3. The molecule has 1 atom stereocenters. The number of aromatic nitrogens is 1. The van der Waals surface area contributed by atoms with Gasteiger partial charge in [0.1, 0.15) is 6.04 Å². The fraction of sp³-hybridized carbons (Fsp3) is 0.222. The molecule has 3 aromatic rings. The summed E-state index contributed by atoms with van der Waals surface area (Å²) in [5.74, 6) is -0.0764. The van der Waals surface area contributed by atoms with Gasteiger partial charge in [0, 0.05) is 5.69 Å². The average Bonchev–Trinajstić information content (AvgIpc) is 2.93. The predicted molar refractivity (Wildman–Crippen MR) is 97.3 cm³/mol. The zero-order valence-electron chi connectivity index (χ0n) is 13.4. The van der Waals surface area contributed by atoms with Gasteiger partial charge in [-0.1, -0.05) is 29.5 Å². The van der Waals surface area contributed by atoms with Gasteiger partial charge in [0.15, 0.2) is 5.13 Å². The third-order valence-corrected chi connectivity index (χ3v) is 4.77. The summed E-state index contributed by atoms with van der Waals surface area (Å²) in [5.41, 5.74) is 4.14. The first-order valence-electron chi connectivity index (χ1n) is 7.53. The van der Waals surface area contributed by atoms with E-state index in [2.05, 4.69) is 22.5 Å². The van der Waals surface area contributed by atoms with E-state index in [1.807, 2.05) is 56.3 Å². The predicted octanol–water partition coefficient (Wildman–Crippen LogP) is 4.35. The van der Waals surface area contributed by atoms with Crippen LogP contribution in [0.4, 0.5) is 10.8 Å². The van der Waals surface area contributed by atoms with Crippen molar-refractivity contribution in [1.29, 1.82) is 0 Å². The Morgan fingerprint density at radius 2 is 1.91 bits per heavy atom. The van der Waals surface area contributed by atoms with Crippen molar-refractivity contribution in [3.63, 3.8) is 0 Å². The van der Waals surface area contributed by atoms with E-state index in [0.29, 0.717) is 0 Å². The van der Waals surface area contributed by atoms with Gasteiger partial charge >= 0.3 is 0 Å². The van der Waals surface area contributed by atoms with Gasteiger partial charge in [0.25, 0.3) is 0 Å². The summed E-state index contributed by atoms with van der Waals surface area (Å²) in [5, 5.41) is 6.87. The summed E-state index contributed by atoms with van der Waals surface area (Å²) in [6, 6.07) is 13.5. The lowest BCUT2D eigenvalue weighted by Crippen LogP contribution is -2.31. The van der Waals surface area contributed by atoms with Crippen LogP contribution in [-0.4, -0.2) is 16.9 Å². The van der Waals surface area contributed by atoms with E-state index >= 15 is 0 Å². The molecule has 0 saturated carbocycles. The molecular weight excluding hydrogens is 306 g/mol. The molecule has 23 heavy (non-hydrogen) atoms. The Hall–Kier alpha value is -2.40. The van der Waals surface area contributed by atoms with Crippen LogP contribution in [-0.2, 0) is 4.79 Å². The van der Waals surface area contributed by atoms with E-state index in [1.54, 1.807) is 11.3 Å². The Kier molecular flexibility index (Phi) is 4.30. The molecular formula is C18H19N3OS. The van der Waals surface area contributed by atoms with Crippen LogP contribution in [0.1, 0.15) is 18.1 Å². The summed E-state index contributed by atoms with van der Waals surface area (Å²) < 4.78 is 1.11. The van der Waals surface area contributed by atoms with Gasteiger partial charge in [-0.15, -0.1) is 0 Å². The number of amides is 1. The highest BCUT2D eigenvalue weighted by Crippen LogP contribution is 2.26. The minimum absolute atomic E-state index is 0.0764. The van der Waals surface area contributed by atoms with Gasteiger partial charge in [-0.3, -0.25) is 4.79 Å². The van der Waals surface area contributed by atoms with Crippen LogP contribution in [0.2, 0.25) is 0 Å². The van der Waals surface area contributed by atoms with E-state index in [1.165, 1.54) is 5.56 Å². The number of anilines is 2. The summed E-state index contributed by atoms with van der Waals surface area (Å²) >= 11 is 1.55. The van der Waals surface area contributed by atoms with E-state index < -0.39 is 0 Å². The normalized spacial score (nSPS) is 12.1. The first-order valence-corrected chi connectivity index (χ1v) is 8.35. The molecule has 0 bridgehead atoms. The molecule has 0 radical (unpaired) electrons. The molecule has 1 amide bonds. The minimum Gasteiger partial charge on any atom is -0.350 e. The number of hydrogen-bond donors (Lipinski definition) is 2. The van der Waals surface area contributed by atoms with Gasteiger partial charge in [-0.25, -0.2) is 4.98 Å². The van der Waals surface area contributed by atoms with Crippen molar-refractivity contribution in [3.8, 4) is 0 Å². The molecule has 118 valence electrons. The number of thiazole rings is 1. The SMILES string of the molecule is Cc1ccc(NC(=O)[C@H](C)Nc2nc3ccccc3s2)cc1C. The number of carbonyl (C=O) groups is 1. The molecule has 4 nitrogen and oxygen atoms in total. The Bertz CT molecular complexity index is 823. The third-order valence-electron chi connectivity index (χ3n) is 3.80. The lowest BCUT2D eigenvalue weighted by atomic mass is 10.1. The number of benzene rings is 2. The average molecular weight is 325 g/mol. The van der Waals surface area contributed by atoms with Gasteiger partial charge in [-0.05, 0) is 56.2 Å². The van der Waals surface area contributed by atoms with Crippen LogP contribution in [0.5, 0.6) is 0 Å². The van der Waals surface area contributed by atoms with Gasteiger partial charge in [-0.2, -0.15) is 0 Å². The lowest BCUT2D eigenvalue weighted by molar-refractivity contribution is -0.116. The molecule has 0 aliphatic carbocycles. The van der Waals surface area contributed by atoms with Crippen LogP contribution in [0.3, 0.4) is 0 Å². The van der Waals surface area contributed by atoms with Crippen LogP contribution in [0.15, 0.2) is 42.5 Å². The van der Waals surface area contributed by atoms with E-state index in [-0.39, 0.29) is 11.9 Å². The second-order valence-electron chi connectivity index (χ2n) is 5.64. The highest BCUT2D eigenvalue weighted by molar-refractivity contribution is 7.22. The second-order valence-corrected chi connectivity index (χ2v) is 6.67. The van der Waals surface area contributed by atoms with Crippen molar-refractivity contribution in [2.45, 2.75) is 26.8 Å². The molecule has 0 saturated heterocycles. The molecule has 0 aliphatic rings. The Balaban J connectivity index is 1.68. The highest BCUT2D eigenvalue weighted by atomic mass is 32.1. The molecule has 1 aromatic heterocycles. The molecule has 1 heterocycles. The number of hydrogen-bond acceptors (Lipinski definition) is 4. The van der Waals surface area contributed by atoms with Crippen LogP contribution >= 0.6 is 11.3 Å². The van der Waals surface area contributed by atoms with Crippen molar-refractivity contribution < 1.29 is 4.79 Å². The van der Waals surface area contributed by atoms with Gasteiger partial charge in [0.05, 0.1) is 10.2 Å². The monoisotopic (exact) mass is 325 g/mol. The van der Waals surface area contributed by atoms with Crippen molar-refractivity contribution in [1.82, 2.24) is 4.98 Å². The molecule has 0 spiro atoms. The zero-order valence-corrected chi connectivity index (χ0v) is 14.2. The van der Waals surface area contributed by atoms with E-state index in [0.717, 1.165) is 26.6 Å². The molecule has 2 N–H and O–H groups in total. The molecule has 0 unspecified atom stereocenters. The van der Waals surface area contributed by atoms with Crippen molar-refractivity contribution in [2.24, 2.45) is 0 Å². The number of fused-ring (bicyclic) bond motifs is 1. The Morgan fingerprint density at radius 3 is 2.65 bits per heavy atom. The summed E-state index contributed by atoms with van der Waals surface area (Å²) in [6.07, 6.45) is 0. The maximum atomic E-state index is 12.3. The van der Waals surface area contributed by atoms with Crippen LogP contribution in [0.25, 0.3) is 10.2 Å². The molecule has 0 aliphatic heterocycles. The van der Waals surface area contributed by atoms with Crippen molar-refractivity contribution in [3.05, 3.63) is 53.6 Å². The molecule has 0 fully saturated rings. The second kappa shape index (κ2) is 6.38. The zero-order chi connectivity index (χ0) is 16.4. The minimum atomic E-state index is -0.364. The summed E-state index contributed by atoms with van der Waals surface area (Å²) in [6.45, 7) is 5.93. The number of para-hydroxylation sites is 1. The third kappa shape index (κ3) is 3.51. The summed E-state index contributed by atoms with van der Waals surface area (Å²) in [4.78, 5) is 16.8. The fourth-order valence-corrected chi connectivity index (χ4v) is 3.21. The number of nitrogens with zero attached hydrogens (tertiary/aromatic N) is 1. The van der Waals surface area contributed by atoms with E-state index in [9.17, 15) is 4.79 Å². The molecule has 5 heteroatoms. The Morgan fingerprint density at radius 1 is 1.13 bits per heavy atom. The maximum Gasteiger partial charge on any atom is 0.246 e. The lowest BCUT2D eigenvalue weighted by Gasteiger charge is -2.14. The van der Waals surface area contributed by atoms with Gasteiger partial charge in [0.2, 0.25) is 5.91 Å². The van der Waals surface area contributed by atoms with Crippen LogP contribution in [0, 0.1) is 13.8 Å². The number of nitrogens with one attached hydrogen (secondary N) is 2. The Labute approximate surface area is 139 Å². The van der Waals surface area contributed by atoms with Crippen LogP contribution < -0.4 is 10.6 Å². The highest BCUT2D eigenvalue weighted by Gasteiger charge is 2.15. The number of aryl methyl sites for hydroxylation is 2. The van der Waals surface area contributed by atoms with Gasteiger partial charge < -0.3 is 10.6 Å². The quantitative estimate of drug-likeness (QED) is 0.749. The fourth-order valence-electron chi connectivity index (χ4n) is 2.25. The first-order chi connectivity index (χ1) is 11.0. The van der Waals surface area contributed by atoms with E-state index in [4.69, 9.17) is 0 Å². The largest absolute Gasteiger partial charge is 0.350 e. The van der Waals surface area contributed by atoms with Crippen molar-refractivity contribution >= 4 is 38.3 Å². The first kappa shape index (κ1) is 15.5. The topological polar surface area (TPSA) is 54.0 Å². The molecule has 3 rings (SSSR count). The number of rotatable bonds is 4. The van der Waals surface area contributed by atoms with Crippen molar-refractivity contribution in [2.75, 3.05) is 10.6 Å².